The molecule has 0 amide bonds. The van der Waals surface area contributed by atoms with Crippen LogP contribution in [0.1, 0.15) is 11.1 Å². The summed E-state index contributed by atoms with van der Waals surface area (Å²) in [7, 11) is 0. The molecule has 5 nitrogen and oxygen atoms in total. The Hall–Kier alpha value is -2.63. The fourth-order valence-corrected chi connectivity index (χ4v) is 3.76. The van der Waals surface area contributed by atoms with Crippen molar-refractivity contribution in [2.24, 2.45) is 0 Å². The molecule has 26 heavy (non-hydrogen) atoms. The number of morpholine rings is 1. The third-order valence-corrected chi connectivity index (χ3v) is 5.17. The number of nitrogens with zero attached hydrogens (tertiary/aromatic N) is 2. The smallest absolute Gasteiger partial charge is 0.116 e. The van der Waals surface area contributed by atoms with Gasteiger partial charge >= 0.3 is 0 Å². The average Bonchev–Trinajstić information content (AvgIpc) is 3.25. The molecular formula is C21H22N4O. The van der Waals surface area contributed by atoms with Gasteiger partial charge in [0.2, 0.25) is 0 Å². The summed E-state index contributed by atoms with van der Waals surface area (Å²) in [6.07, 6.45) is 0. The summed E-state index contributed by atoms with van der Waals surface area (Å²) in [5.41, 5.74) is 6.83. The van der Waals surface area contributed by atoms with E-state index < -0.39 is 0 Å². The number of rotatable bonds is 3. The van der Waals surface area contributed by atoms with E-state index in [1.54, 1.807) is 0 Å². The van der Waals surface area contributed by atoms with Crippen LogP contribution >= 0.6 is 0 Å². The molecule has 5 heteroatoms. The summed E-state index contributed by atoms with van der Waals surface area (Å²) < 4.78 is 5.44. The van der Waals surface area contributed by atoms with Crippen LogP contribution in [0.3, 0.4) is 0 Å². The lowest BCUT2D eigenvalue weighted by atomic mass is 10.1. The zero-order valence-electron chi connectivity index (χ0n) is 14.9. The lowest BCUT2D eigenvalue weighted by Gasteiger charge is -2.26. The second-order valence-corrected chi connectivity index (χ2v) is 7.11. The maximum absolute atomic E-state index is 5.44. The Morgan fingerprint density at radius 1 is 1.04 bits per heavy atom. The van der Waals surface area contributed by atoms with E-state index in [4.69, 9.17) is 4.74 Å². The number of fused-ring (bicyclic) bond motifs is 2. The summed E-state index contributed by atoms with van der Waals surface area (Å²) in [5.74, 6) is 0. The van der Waals surface area contributed by atoms with Crippen molar-refractivity contribution in [2.75, 3.05) is 26.3 Å². The number of H-pyrrole nitrogens is 2. The number of aromatic amines is 2. The largest absolute Gasteiger partial charge is 0.379 e. The normalized spacial score (nSPS) is 15.9. The minimum Gasteiger partial charge on any atom is -0.379 e. The maximum atomic E-state index is 5.44. The van der Waals surface area contributed by atoms with E-state index in [-0.39, 0.29) is 0 Å². The van der Waals surface area contributed by atoms with Crippen molar-refractivity contribution in [3.05, 3.63) is 53.6 Å². The highest BCUT2D eigenvalue weighted by atomic mass is 16.5. The minimum atomic E-state index is 0.836. The van der Waals surface area contributed by atoms with Gasteiger partial charge in [-0.15, -0.1) is 0 Å². The Kier molecular flexibility index (Phi) is 3.76. The van der Waals surface area contributed by atoms with E-state index in [2.05, 4.69) is 69.5 Å². The number of aromatic nitrogens is 3. The van der Waals surface area contributed by atoms with Gasteiger partial charge in [-0.1, -0.05) is 18.2 Å². The van der Waals surface area contributed by atoms with Gasteiger partial charge in [-0.05, 0) is 42.3 Å². The quantitative estimate of drug-likeness (QED) is 0.592. The summed E-state index contributed by atoms with van der Waals surface area (Å²) in [6, 6.07) is 15.3. The zero-order valence-corrected chi connectivity index (χ0v) is 14.9. The number of hydrogen-bond acceptors (Lipinski definition) is 3. The van der Waals surface area contributed by atoms with Crippen molar-refractivity contribution in [3.63, 3.8) is 0 Å². The molecule has 0 aliphatic carbocycles. The highest BCUT2D eigenvalue weighted by Crippen LogP contribution is 2.29. The summed E-state index contributed by atoms with van der Waals surface area (Å²) in [6.45, 7) is 6.76. The Morgan fingerprint density at radius 3 is 2.81 bits per heavy atom. The standard InChI is InChI=1S/C21H22N4O/c1-14-2-4-17-19(10-14)23-24-21(17)20-12-16-11-15(3-5-18(16)22-20)13-25-6-8-26-9-7-25/h2-5,10-12,22H,6-9,13H2,1H3,(H,23,24). The topological polar surface area (TPSA) is 56.9 Å². The van der Waals surface area contributed by atoms with Crippen LogP contribution in [0, 0.1) is 6.92 Å². The molecule has 2 aromatic carbocycles. The first-order valence-corrected chi connectivity index (χ1v) is 9.13. The van der Waals surface area contributed by atoms with Crippen molar-refractivity contribution >= 4 is 21.8 Å². The molecule has 0 bridgehead atoms. The van der Waals surface area contributed by atoms with Crippen LogP contribution in [0.5, 0.6) is 0 Å². The molecule has 132 valence electrons. The van der Waals surface area contributed by atoms with Crippen LogP contribution < -0.4 is 0 Å². The predicted octanol–water partition coefficient (Wildman–Crippen LogP) is 3.85. The van der Waals surface area contributed by atoms with Gasteiger partial charge in [-0.3, -0.25) is 10.00 Å². The monoisotopic (exact) mass is 346 g/mol. The van der Waals surface area contributed by atoms with Gasteiger partial charge in [-0.2, -0.15) is 5.10 Å². The summed E-state index contributed by atoms with van der Waals surface area (Å²) in [5, 5.41) is 10.1. The van der Waals surface area contributed by atoms with Crippen LogP contribution in [0.4, 0.5) is 0 Å². The molecular weight excluding hydrogens is 324 g/mol. The van der Waals surface area contributed by atoms with Gasteiger partial charge in [0.1, 0.15) is 5.69 Å². The fraction of sp³-hybridized carbons (Fsp3) is 0.286. The van der Waals surface area contributed by atoms with Gasteiger partial charge in [0.05, 0.1) is 24.4 Å². The highest BCUT2D eigenvalue weighted by Gasteiger charge is 2.13. The van der Waals surface area contributed by atoms with E-state index in [1.165, 1.54) is 16.5 Å². The molecule has 1 saturated heterocycles. The lowest BCUT2D eigenvalue weighted by molar-refractivity contribution is 0.0342. The Bertz CT molecular complexity index is 1070. The van der Waals surface area contributed by atoms with Gasteiger partial charge in [-0.25, -0.2) is 0 Å². The first-order valence-electron chi connectivity index (χ1n) is 9.13. The van der Waals surface area contributed by atoms with Crippen molar-refractivity contribution in [1.29, 1.82) is 0 Å². The molecule has 2 aromatic heterocycles. The first-order chi connectivity index (χ1) is 12.8. The van der Waals surface area contributed by atoms with Crippen molar-refractivity contribution < 1.29 is 4.74 Å². The van der Waals surface area contributed by atoms with Crippen molar-refractivity contribution in [2.45, 2.75) is 13.5 Å². The molecule has 5 rings (SSSR count). The average molecular weight is 346 g/mol. The molecule has 0 atom stereocenters. The highest BCUT2D eigenvalue weighted by molar-refractivity contribution is 5.96. The molecule has 4 aromatic rings. The number of hydrogen-bond donors (Lipinski definition) is 2. The maximum Gasteiger partial charge on any atom is 0.116 e. The Morgan fingerprint density at radius 2 is 1.92 bits per heavy atom. The number of ether oxygens (including phenoxy) is 1. The van der Waals surface area contributed by atoms with Crippen LogP contribution in [-0.4, -0.2) is 46.4 Å². The molecule has 3 heterocycles. The molecule has 1 fully saturated rings. The number of aryl methyl sites for hydroxylation is 1. The van der Waals surface area contributed by atoms with E-state index in [1.807, 2.05) is 0 Å². The van der Waals surface area contributed by atoms with Crippen LogP contribution in [-0.2, 0) is 11.3 Å². The second kappa shape index (κ2) is 6.27. The zero-order chi connectivity index (χ0) is 17.5. The third-order valence-electron chi connectivity index (χ3n) is 5.17. The molecule has 1 aliphatic rings. The molecule has 0 radical (unpaired) electrons. The van der Waals surface area contributed by atoms with Gasteiger partial charge < -0.3 is 9.72 Å². The van der Waals surface area contributed by atoms with Gasteiger partial charge in [0.15, 0.2) is 0 Å². The number of nitrogens with one attached hydrogen (secondary N) is 2. The molecule has 0 unspecified atom stereocenters. The fourth-order valence-electron chi connectivity index (χ4n) is 3.76. The third kappa shape index (κ3) is 2.79. The first kappa shape index (κ1) is 15.6. The summed E-state index contributed by atoms with van der Waals surface area (Å²) in [4.78, 5) is 5.97. The molecule has 2 N–H and O–H groups in total. The van der Waals surface area contributed by atoms with Gasteiger partial charge in [0, 0.05) is 35.9 Å². The van der Waals surface area contributed by atoms with E-state index in [9.17, 15) is 0 Å². The van der Waals surface area contributed by atoms with E-state index in [0.29, 0.717) is 0 Å². The SMILES string of the molecule is Cc1ccc2c(-c3cc4cc(CN5CCOCC5)ccc4[nH]3)n[nH]c2c1. The Labute approximate surface area is 152 Å². The number of benzene rings is 2. The van der Waals surface area contributed by atoms with E-state index in [0.717, 1.165) is 60.7 Å². The predicted molar refractivity (Wildman–Crippen MR) is 104 cm³/mol. The van der Waals surface area contributed by atoms with E-state index >= 15 is 0 Å². The van der Waals surface area contributed by atoms with Crippen LogP contribution in [0.25, 0.3) is 33.2 Å². The summed E-state index contributed by atoms with van der Waals surface area (Å²) >= 11 is 0. The van der Waals surface area contributed by atoms with Crippen molar-refractivity contribution in [3.8, 4) is 11.4 Å². The van der Waals surface area contributed by atoms with Crippen LogP contribution in [0.15, 0.2) is 42.5 Å². The van der Waals surface area contributed by atoms with Gasteiger partial charge in [0.25, 0.3) is 0 Å². The lowest BCUT2D eigenvalue weighted by Crippen LogP contribution is -2.35. The Balaban J connectivity index is 1.49. The van der Waals surface area contributed by atoms with Crippen LogP contribution in [0.2, 0.25) is 0 Å². The molecule has 1 aliphatic heterocycles. The second-order valence-electron chi connectivity index (χ2n) is 7.11. The molecule has 0 spiro atoms. The van der Waals surface area contributed by atoms with Crippen molar-refractivity contribution in [1.82, 2.24) is 20.1 Å². The minimum absolute atomic E-state index is 0.836. The molecule has 0 saturated carbocycles.